The summed E-state index contributed by atoms with van der Waals surface area (Å²) in [5, 5.41) is 7.73. The molecule has 0 aliphatic carbocycles. The summed E-state index contributed by atoms with van der Waals surface area (Å²) >= 11 is 1.27. The lowest BCUT2D eigenvalue weighted by Crippen LogP contribution is -2.17. The van der Waals surface area contributed by atoms with Gasteiger partial charge in [-0.2, -0.15) is 18.2 Å². The molecule has 0 aliphatic heterocycles. The zero-order chi connectivity index (χ0) is 20.6. The molecule has 4 rings (SSSR count). The van der Waals surface area contributed by atoms with E-state index < -0.39 is 11.7 Å². The second-order valence-electron chi connectivity index (χ2n) is 6.76. The van der Waals surface area contributed by atoms with Gasteiger partial charge in [0.25, 0.3) is 0 Å². The Morgan fingerprint density at radius 2 is 1.83 bits per heavy atom. The first-order valence-electron chi connectivity index (χ1n) is 8.79. The molecule has 3 heterocycles. The van der Waals surface area contributed by atoms with Crippen molar-refractivity contribution in [1.29, 1.82) is 0 Å². The highest BCUT2D eigenvalue weighted by Crippen LogP contribution is 2.35. The number of fused-ring (bicyclic) bond motifs is 1. The van der Waals surface area contributed by atoms with Crippen molar-refractivity contribution in [3.63, 3.8) is 0 Å². The van der Waals surface area contributed by atoms with Gasteiger partial charge < -0.3 is 9.84 Å². The minimum absolute atomic E-state index is 0.0680. The molecule has 0 spiro atoms. The van der Waals surface area contributed by atoms with Gasteiger partial charge in [-0.15, -0.1) is 0 Å². The number of aromatic nitrogens is 4. The van der Waals surface area contributed by atoms with E-state index in [0.717, 1.165) is 17.7 Å². The van der Waals surface area contributed by atoms with Gasteiger partial charge in [-0.1, -0.05) is 30.3 Å². The molecule has 0 saturated heterocycles. The van der Waals surface area contributed by atoms with Crippen molar-refractivity contribution in [2.24, 2.45) is 5.92 Å². The van der Waals surface area contributed by atoms with E-state index in [1.807, 2.05) is 13.8 Å². The first-order valence-corrected chi connectivity index (χ1v) is 9.61. The number of rotatable bonds is 5. The molecule has 1 N–H and O–H groups in total. The van der Waals surface area contributed by atoms with Crippen LogP contribution in [0.2, 0.25) is 0 Å². The number of pyridine rings is 1. The van der Waals surface area contributed by atoms with Crippen LogP contribution in [0, 0.1) is 5.92 Å². The molecule has 0 saturated carbocycles. The summed E-state index contributed by atoms with van der Waals surface area (Å²) < 4.78 is 44.9. The second kappa shape index (κ2) is 7.43. The third-order valence-electron chi connectivity index (χ3n) is 4.31. The van der Waals surface area contributed by atoms with Gasteiger partial charge in [-0.25, -0.2) is 4.98 Å². The lowest BCUT2D eigenvalue weighted by Gasteiger charge is -2.17. The maximum absolute atomic E-state index is 12.9. The predicted molar refractivity (Wildman–Crippen MR) is 103 cm³/mol. The molecule has 4 aromatic rings. The first kappa shape index (κ1) is 19.3. The van der Waals surface area contributed by atoms with Crippen LogP contribution in [0.15, 0.2) is 47.2 Å². The Labute approximate surface area is 167 Å². The first-order chi connectivity index (χ1) is 13.8. The van der Waals surface area contributed by atoms with E-state index in [-0.39, 0.29) is 17.5 Å². The topological polar surface area (TPSA) is 76.7 Å². The normalized spacial score (nSPS) is 13.2. The van der Waals surface area contributed by atoms with Gasteiger partial charge in [0.15, 0.2) is 5.13 Å². The lowest BCUT2D eigenvalue weighted by atomic mass is 10.0. The van der Waals surface area contributed by atoms with Crippen LogP contribution in [0.5, 0.6) is 0 Å². The highest BCUT2D eigenvalue weighted by Gasteiger charge is 2.31. The monoisotopic (exact) mass is 419 g/mol. The SMILES string of the molecule is CC(C)C(Nc1nc2cc(C(F)(F)F)ccc2s1)c1nc(-c2ccncc2)no1. The van der Waals surface area contributed by atoms with Crippen molar-refractivity contribution in [2.45, 2.75) is 26.1 Å². The summed E-state index contributed by atoms with van der Waals surface area (Å²) in [7, 11) is 0. The average Bonchev–Trinajstić information content (AvgIpc) is 3.32. The van der Waals surface area contributed by atoms with Gasteiger partial charge in [0.2, 0.25) is 11.7 Å². The van der Waals surface area contributed by atoms with E-state index in [2.05, 4.69) is 25.4 Å². The molecule has 1 atom stereocenters. The van der Waals surface area contributed by atoms with E-state index >= 15 is 0 Å². The van der Waals surface area contributed by atoms with E-state index in [4.69, 9.17) is 4.52 Å². The van der Waals surface area contributed by atoms with Gasteiger partial charge in [-0.05, 0) is 36.2 Å². The van der Waals surface area contributed by atoms with Crippen molar-refractivity contribution in [3.05, 3.63) is 54.2 Å². The smallest absolute Gasteiger partial charge is 0.349 e. The molecular weight excluding hydrogens is 403 g/mol. The van der Waals surface area contributed by atoms with Crippen LogP contribution in [0.3, 0.4) is 0 Å². The maximum atomic E-state index is 12.9. The van der Waals surface area contributed by atoms with Gasteiger partial charge in [0, 0.05) is 18.0 Å². The fourth-order valence-electron chi connectivity index (χ4n) is 2.79. The molecule has 0 amide bonds. The Hall–Kier alpha value is -3.01. The van der Waals surface area contributed by atoms with Crippen LogP contribution in [0.1, 0.15) is 31.3 Å². The average molecular weight is 419 g/mol. The van der Waals surface area contributed by atoms with Crippen molar-refractivity contribution >= 4 is 26.7 Å². The number of alkyl halides is 3. The summed E-state index contributed by atoms with van der Waals surface area (Å²) in [6.45, 7) is 3.95. The zero-order valence-corrected chi connectivity index (χ0v) is 16.3. The Kier molecular flexibility index (Phi) is 4.95. The van der Waals surface area contributed by atoms with Crippen LogP contribution >= 0.6 is 11.3 Å². The quantitative estimate of drug-likeness (QED) is 0.456. The second-order valence-corrected chi connectivity index (χ2v) is 7.79. The zero-order valence-electron chi connectivity index (χ0n) is 15.4. The molecule has 150 valence electrons. The van der Waals surface area contributed by atoms with E-state index in [9.17, 15) is 13.2 Å². The number of benzene rings is 1. The molecule has 6 nitrogen and oxygen atoms in total. The van der Waals surface area contributed by atoms with Crippen molar-refractivity contribution in [1.82, 2.24) is 20.1 Å². The van der Waals surface area contributed by atoms with Crippen LogP contribution in [0.4, 0.5) is 18.3 Å². The summed E-state index contributed by atoms with van der Waals surface area (Å²) in [6.07, 6.45) is -1.13. The minimum atomic E-state index is -4.40. The standard InChI is InChI=1S/C19H16F3N5OS/c1-10(2)15(17-26-16(27-28-17)11-5-7-23-8-6-11)25-18-24-13-9-12(19(20,21)22)3-4-14(13)29-18/h3-10,15H,1-2H3,(H,24,25). The maximum Gasteiger partial charge on any atom is 0.416 e. The van der Waals surface area contributed by atoms with E-state index in [0.29, 0.717) is 21.5 Å². The van der Waals surface area contributed by atoms with Crippen LogP contribution in [0.25, 0.3) is 21.6 Å². The molecule has 0 bridgehead atoms. The van der Waals surface area contributed by atoms with Gasteiger partial charge in [-0.3, -0.25) is 4.98 Å². The Bertz CT molecular complexity index is 1120. The van der Waals surface area contributed by atoms with Crippen molar-refractivity contribution < 1.29 is 17.7 Å². The Morgan fingerprint density at radius 3 is 2.52 bits per heavy atom. The molecule has 29 heavy (non-hydrogen) atoms. The number of anilines is 1. The minimum Gasteiger partial charge on any atom is -0.349 e. The molecule has 1 unspecified atom stereocenters. The predicted octanol–water partition coefficient (Wildman–Crippen LogP) is 5.57. The summed E-state index contributed by atoms with van der Waals surface area (Å²) in [5.74, 6) is 0.884. The van der Waals surface area contributed by atoms with Crippen molar-refractivity contribution in [2.75, 3.05) is 5.32 Å². The fourth-order valence-corrected chi connectivity index (χ4v) is 3.68. The Morgan fingerprint density at radius 1 is 1.07 bits per heavy atom. The van der Waals surface area contributed by atoms with Crippen molar-refractivity contribution in [3.8, 4) is 11.4 Å². The highest BCUT2D eigenvalue weighted by molar-refractivity contribution is 7.22. The summed E-state index contributed by atoms with van der Waals surface area (Å²) in [4.78, 5) is 12.7. The third-order valence-corrected chi connectivity index (χ3v) is 5.27. The number of halogens is 3. The fraction of sp³-hybridized carbons (Fsp3) is 0.263. The number of nitrogens with one attached hydrogen (secondary N) is 1. The largest absolute Gasteiger partial charge is 0.416 e. The Balaban J connectivity index is 1.61. The summed E-state index contributed by atoms with van der Waals surface area (Å²) in [5.41, 5.74) is 0.344. The van der Waals surface area contributed by atoms with Gasteiger partial charge in [0.05, 0.1) is 15.8 Å². The van der Waals surface area contributed by atoms with E-state index in [1.54, 1.807) is 24.5 Å². The molecule has 0 fully saturated rings. The highest BCUT2D eigenvalue weighted by atomic mass is 32.1. The molecule has 0 radical (unpaired) electrons. The number of nitrogens with zero attached hydrogens (tertiary/aromatic N) is 4. The number of hydrogen-bond acceptors (Lipinski definition) is 7. The molecule has 1 aromatic carbocycles. The van der Waals surface area contributed by atoms with Gasteiger partial charge in [0.1, 0.15) is 6.04 Å². The van der Waals surface area contributed by atoms with Gasteiger partial charge >= 0.3 is 6.18 Å². The molecular formula is C19H16F3N5OS. The van der Waals surface area contributed by atoms with Crippen LogP contribution in [-0.4, -0.2) is 20.1 Å². The molecule has 10 heteroatoms. The van der Waals surface area contributed by atoms with Crippen LogP contribution < -0.4 is 5.32 Å². The number of hydrogen-bond donors (Lipinski definition) is 1. The lowest BCUT2D eigenvalue weighted by molar-refractivity contribution is -0.137. The molecule has 0 aliphatic rings. The summed E-state index contributed by atoms with van der Waals surface area (Å²) in [6, 6.07) is 6.75. The number of thiazole rings is 1. The van der Waals surface area contributed by atoms with E-state index in [1.165, 1.54) is 17.4 Å². The van der Waals surface area contributed by atoms with Crippen LogP contribution in [-0.2, 0) is 6.18 Å². The molecule has 3 aromatic heterocycles. The third kappa shape index (κ3) is 4.07.